The van der Waals surface area contributed by atoms with Crippen LogP contribution in [0.25, 0.3) is 5.69 Å². The van der Waals surface area contributed by atoms with Crippen LogP contribution >= 0.6 is 11.8 Å². The Morgan fingerprint density at radius 3 is 2.88 bits per heavy atom. The van der Waals surface area contributed by atoms with E-state index in [0.29, 0.717) is 24.1 Å². The lowest BCUT2D eigenvalue weighted by molar-refractivity contribution is -0.129. The van der Waals surface area contributed by atoms with Gasteiger partial charge in [0.25, 0.3) is 0 Å². The second-order valence-electron chi connectivity index (χ2n) is 7.84. The molecule has 0 saturated carbocycles. The van der Waals surface area contributed by atoms with E-state index in [0.717, 1.165) is 48.6 Å². The van der Waals surface area contributed by atoms with Crippen LogP contribution in [0.3, 0.4) is 0 Å². The molecule has 0 aliphatic carbocycles. The summed E-state index contributed by atoms with van der Waals surface area (Å²) in [6, 6.07) is 13.5. The van der Waals surface area contributed by atoms with Gasteiger partial charge in [-0.2, -0.15) is 4.68 Å². The number of amides is 1. The van der Waals surface area contributed by atoms with E-state index in [1.807, 2.05) is 47.4 Å². The zero-order valence-corrected chi connectivity index (χ0v) is 19.2. The minimum absolute atomic E-state index is 0.0282. The van der Waals surface area contributed by atoms with Gasteiger partial charge in [0.2, 0.25) is 11.1 Å². The topological polar surface area (TPSA) is 91.6 Å². The molecule has 3 heterocycles. The Morgan fingerprint density at radius 2 is 2.00 bits per heavy atom. The lowest BCUT2D eigenvalue weighted by Crippen LogP contribution is -2.32. The van der Waals surface area contributed by atoms with Crippen molar-refractivity contribution in [3.05, 3.63) is 48.0 Å². The summed E-state index contributed by atoms with van der Waals surface area (Å²) >= 11 is 1.32. The molecular weight excluding hydrogens is 442 g/mol. The Labute approximate surface area is 196 Å². The fourth-order valence-electron chi connectivity index (χ4n) is 4.23. The number of nitrogens with zero attached hydrogens (tertiary/aromatic N) is 5. The fourth-order valence-corrected chi connectivity index (χ4v) is 5.00. The molecule has 1 aromatic heterocycles. The number of carbonyl (C=O) groups is 1. The number of likely N-dealkylation sites (tertiary alicyclic amines) is 1. The number of aromatic nitrogens is 4. The Kier molecular flexibility index (Phi) is 6.34. The average Bonchev–Trinajstić information content (AvgIpc) is 3.47. The number of hydrogen-bond acceptors (Lipinski definition) is 8. The molecule has 1 fully saturated rings. The lowest BCUT2D eigenvalue weighted by atomic mass is 10.0. The minimum atomic E-state index is 0.0282. The smallest absolute Gasteiger partial charge is 0.233 e. The molecule has 2 aliphatic rings. The van der Waals surface area contributed by atoms with Crippen molar-refractivity contribution in [1.29, 1.82) is 0 Å². The summed E-state index contributed by atoms with van der Waals surface area (Å²) < 4.78 is 18.6. The van der Waals surface area contributed by atoms with Crippen LogP contribution in [0.5, 0.6) is 17.2 Å². The van der Waals surface area contributed by atoms with E-state index in [2.05, 4.69) is 15.5 Å². The Hall–Kier alpha value is -3.27. The predicted molar refractivity (Wildman–Crippen MR) is 122 cm³/mol. The quantitative estimate of drug-likeness (QED) is 0.510. The Balaban J connectivity index is 1.29. The van der Waals surface area contributed by atoms with Crippen LogP contribution in [0.15, 0.2) is 47.6 Å². The van der Waals surface area contributed by atoms with E-state index in [-0.39, 0.29) is 17.7 Å². The molecule has 1 unspecified atom stereocenters. The molecule has 172 valence electrons. The van der Waals surface area contributed by atoms with Crippen LogP contribution in [0.1, 0.15) is 30.9 Å². The van der Waals surface area contributed by atoms with E-state index in [1.54, 1.807) is 11.8 Å². The molecule has 1 saturated heterocycles. The first-order valence-electron chi connectivity index (χ1n) is 11.0. The minimum Gasteiger partial charge on any atom is -0.494 e. The van der Waals surface area contributed by atoms with Crippen molar-refractivity contribution in [2.75, 3.05) is 32.6 Å². The third kappa shape index (κ3) is 4.47. The molecular formula is C23H25N5O4S. The molecule has 10 heteroatoms. The summed E-state index contributed by atoms with van der Waals surface area (Å²) in [6.45, 7) is 2.03. The second kappa shape index (κ2) is 9.70. The highest BCUT2D eigenvalue weighted by molar-refractivity contribution is 7.99. The van der Waals surface area contributed by atoms with Gasteiger partial charge in [0.1, 0.15) is 11.4 Å². The first kappa shape index (κ1) is 21.6. The zero-order chi connectivity index (χ0) is 22.6. The highest BCUT2D eigenvalue weighted by Crippen LogP contribution is 2.38. The van der Waals surface area contributed by atoms with Gasteiger partial charge < -0.3 is 19.1 Å². The van der Waals surface area contributed by atoms with Gasteiger partial charge in [-0.05, 0) is 53.1 Å². The van der Waals surface area contributed by atoms with Crippen molar-refractivity contribution in [2.24, 2.45) is 0 Å². The van der Waals surface area contributed by atoms with Crippen LogP contribution < -0.4 is 14.2 Å². The average molecular weight is 468 g/mol. The number of methoxy groups -OCH3 is 1. The molecule has 2 aliphatic heterocycles. The number of ether oxygens (including phenoxy) is 3. The molecule has 2 aromatic carbocycles. The molecule has 3 aromatic rings. The molecule has 1 amide bonds. The summed E-state index contributed by atoms with van der Waals surface area (Å²) in [4.78, 5) is 15.1. The first-order chi connectivity index (χ1) is 16.2. The van der Waals surface area contributed by atoms with E-state index in [9.17, 15) is 4.79 Å². The number of benzene rings is 2. The van der Waals surface area contributed by atoms with Gasteiger partial charge in [-0.15, -0.1) is 5.10 Å². The molecule has 5 rings (SSSR count). The van der Waals surface area contributed by atoms with Crippen LogP contribution in [0.4, 0.5) is 0 Å². The van der Waals surface area contributed by atoms with Crippen molar-refractivity contribution in [3.8, 4) is 22.9 Å². The summed E-state index contributed by atoms with van der Waals surface area (Å²) in [6.07, 6.45) is 2.76. The summed E-state index contributed by atoms with van der Waals surface area (Å²) in [7, 11) is 1.60. The highest BCUT2D eigenvalue weighted by Gasteiger charge is 2.31. The standard InChI is InChI=1S/C23H25N5O4S/c1-30-19-8-3-2-6-18(19)28-23(24-25-26-28)33-15-22(29)27-11-4-7-17(27)16-9-10-20-21(14-16)32-13-5-12-31-20/h2-3,6,8-10,14,17H,4-5,7,11-13,15H2,1H3. The maximum Gasteiger partial charge on any atom is 0.233 e. The molecule has 33 heavy (non-hydrogen) atoms. The largest absolute Gasteiger partial charge is 0.494 e. The van der Waals surface area contributed by atoms with Gasteiger partial charge in [-0.1, -0.05) is 30.0 Å². The number of fused-ring (bicyclic) bond motifs is 1. The van der Waals surface area contributed by atoms with Gasteiger partial charge in [0.05, 0.1) is 32.1 Å². The van der Waals surface area contributed by atoms with Crippen LogP contribution in [0, 0.1) is 0 Å². The Morgan fingerprint density at radius 1 is 1.15 bits per heavy atom. The van der Waals surface area contributed by atoms with Gasteiger partial charge in [-0.25, -0.2) is 0 Å². The molecule has 0 bridgehead atoms. The van der Waals surface area contributed by atoms with E-state index in [1.165, 1.54) is 11.8 Å². The number of para-hydroxylation sites is 2. The number of rotatable bonds is 6. The number of tetrazole rings is 1. The molecule has 1 atom stereocenters. The van der Waals surface area contributed by atoms with Crippen molar-refractivity contribution < 1.29 is 19.0 Å². The van der Waals surface area contributed by atoms with E-state index in [4.69, 9.17) is 14.2 Å². The zero-order valence-electron chi connectivity index (χ0n) is 18.3. The van der Waals surface area contributed by atoms with Crippen LogP contribution in [0.2, 0.25) is 0 Å². The van der Waals surface area contributed by atoms with Crippen molar-refractivity contribution in [1.82, 2.24) is 25.1 Å². The normalized spacial score (nSPS) is 17.6. The number of thioether (sulfide) groups is 1. The summed E-state index contributed by atoms with van der Waals surface area (Å²) in [5.74, 6) is 2.49. The molecule has 9 nitrogen and oxygen atoms in total. The summed E-state index contributed by atoms with van der Waals surface area (Å²) in [5.41, 5.74) is 1.81. The predicted octanol–water partition coefficient (Wildman–Crippen LogP) is 3.29. The van der Waals surface area contributed by atoms with Crippen molar-refractivity contribution >= 4 is 17.7 Å². The first-order valence-corrected chi connectivity index (χ1v) is 12.0. The SMILES string of the molecule is COc1ccccc1-n1nnnc1SCC(=O)N1CCCC1c1ccc2c(c1)OCCCO2. The van der Waals surface area contributed by atoms with E-state index >= 15 is 0 Å². The van der Waals surface area contributed by atoms with Crippen LogP contribution in [-0.2, 0) is 4.79 Å². The monoisotopic (exact) mass is 467 g/mol. The second-order valence-corrected chi connectivity index (χ2v) is 8.78. The third-order valence-electron chi connectivity index (χ3n) is 5.81. The number of carbonyl (C=O) groups excluding carboxylic acids is 1. The number of hydrogen-bond donors (Lipinski definition) is 0. The summed E-state index contributed by atoms with van der Waals surface area (Å²) in [5, 5.41) is 12.5. The van der Waals surface area contributed by atoms with Gasteiger partial charge in [-0.3, -0.25) is 4.79 Å². The van der Waals surface area contributed by atoms with Crippen molar-refractivity contribution in [3.63, 3.8) is 0 Å². The molecule has 0 spiro atoms. The van der Waals surface area contributed by atoms with E-state index < -0.39 is 0 Å². The molecule has 0 radical (unpaired) electrons. The molecule has 0 N–H and O–H groups in total. The Bertz CT molecular complexity index is 1140. The lowest BCUT2D eigenvalue weighted by Gasteiger charge is -2.25. The van der Waals surface area contributed by atoms with Gasteiger partial charge >= 0.3 is 0 Å². The third-order valence-corrected chi connectivity index (χ3v) is 6.71. The fraction of sp³-hybridized carbons (Fsp3) is 0.391. The van der Waals surface area contributed by atoms with Crippen LogP contribution in [-0.4, -0.2) is 63.6 Å². The maximum absolute atomic E-state index is 13.2. The van der Waals surface area contributed by atoms with Gasteiger partial charge in [0.15, 0.2) is 11.5 Å². The van der Waals surface area contributed by atoms with Crippen molar-refractivity contribution in [2.45, 2.75) is 30.5 Å². The van der Waals surface area contributed by atoms with Gasteiger partial charge in [0, 0.05) is 13.0 Å². The maximum atomic E-state index is 13.2. The highest BCUT2D eigenvalue weighted by atomic mass is 32.2.